The van der Waals surface area contributed by atoms with Gasteiger partial charge < -0.3 is 10.2 Å². The molecule has 0 saturated heterocycles. The van der Waals surface area contributed by atoms with Gasteiger partial charge in [0.1, 0.15) is 0 Å². The van der Waals surface area contributed by atoms with E-state index in [1.54, 1.807) is 5.38 Å². The van der Waals surface area contributed by atoms with Crippen LogP contribution in [0.3, 0.4) is 0 Å². The van der Waals surface area contributed by atoms with Crippen molar-refractivity contribution in [1.29, 1.82) is 0 Å². The Morgan fingerprint density at radius 3 is 2.80 bits per heavy atom. The van der Waals surface area contributed by atoms with Crippen LogP contribution in [0.1, 0.15) is 15.2 Å². The Bertz CT molecular complexity index is 241. The summed E-state index contributed by atoms with van der Waals surface area (Å²) in [5, 5.41) is 18.7. The number of hydrogen-bond acceptors (Lipinski definition) is 3. The molecule has 2 N–H and O–H groups in total. The summed E-state index contributed by atoms with van der Waals surface area (Å²) in [6.07, 6.45) is 0. The molecule has 0 aromatic carbocycles. The third kappa shape index (κ3) is 1.17. The van der Waals surface area contributed by atoms with E-state index in [1.807, 2.05) is 0 Å². The van der Waals surface area contributed by atoms with Gasteiger partial charge in [0.15, 0.2) is 0 Å². The Kier molecular flexibility index (Phi) is 2.03. The first-order chi connectivity index (χ1) is 4.75. The predicted molar refractivity (Wildman–Crippen MR) is 37.2 cm³/mol. The number of aromatic carboxylic acids is 1. The molecular formula is C6H6O3S. The van der Waals surface area contributed by atoms with E-state index in [9.17, 15) is 4.79 Å². The zero-order valence-corrected chi connectivity index (χ0v) is 5.89. The van der Waals surface area contributed by atoms with Gasteiger partial charge in [0, 0.05) is 4.88 Å². The number of hydrogen-bond donors (Lipinski definition) is 2. The van der Waals surface area contributed by atoms with Crippen molar-refractivity contribution in [3.8, 4) is 0 Å². The maximum atomic E-state index is 10.3. The highest BCUT2D eigenvalue weighted by atomic mass is 32.1. The van der Waals surface area contributed by atoms with Crippen LogP contribution in [0.2, 0.25) is 0 Å². The Morgan fingerprint density at radius 2 is 2.40 bits per heavy atom. The van der Waals surface area contributed by atoms with Crippen LogP contribution in [0.4, 0.5) is 0 Å². The van der Waals surface area contributed by atoms with E-state index in [0.717, 1.165) is 0 Å². The van der Waals surface area contributed by atoms with Gasteiger partial charge in [-0.15, -0.1) is 11.3 Å². The maximum absolute atomic E-state index is 10.3. The third-order valence-corrected chi connectivity index (χ3v) is 2.03. The second-order valence-corrected chi connectivity index (χ2v) is 2.72. The van der Waals surface area contributed by atoms with Crippen LogP contribution in [0.5, 0.6) is 0 Å². The molecule has 0 amide bonds. The number of aliphatic hydroxyl groups excluding tert-OH is 1. The van der Waals surface area contributed by atoms with E-state index >= 15 is 0 Å². The first-order valence-electron chi connectivity index (χ1n) is 2.66. The van der Waals surface area contributed by atoms with Crippen molar-refractivity contribution >= 4 is 17.3 Å². The lowest BCUT2D eigenvalue weighted by atomic mass is 10.3. The largest absolute Gasteiger partial charge is 0.478 e. The third-order valence-electron chi connectivity index (χ3n) is 1.12. The standard InChI is InChI=1S/C6H6O3S/c7-3-5-4(6(8)9)1-2-10-5/h1-2,7H,3H2,(H,8,9). The summed E-state index contributed by atoms with van der Waals surface area (Å²) in [4.78, 5) is 10.8. The van der Waals surface area contributed by atoms with Crippen molar-refractivity contribution in [3.05, 3.63) is 21.9 Å². The summed E-state index contributed by atoms with van der Waals surface area (Å²) >= 11 is 1.25. The average molecular weight is 158 g/mol. The molecule has 4 heteroatoms. The molecule has 0 fully saturated rings. The smallest absolute Gasteiger partial charge is 0.336 e. The summed E-state index contributed by atoms with van der Waals surface area (Å²) in [5.74, 6) is -0.981. The Balaban J connectivity index is 3.01. The number of carboxylic acid groups (broad SMARTS) is 1. The van der Waals surface area contributed by atoms with Crippen molar-refractivity contribution in [2.45, 2.75) is 6.61 Å². The number of thiophene rings is 1. The molecule has 1 heterocycles. The fraction of sp³-hybridized carbons (Fsp3) is 0.167. The van der Waals surface area contributed by atoms with Gasteiger partial charge in [0.2, 0.25) is 0 Å². The van der Waals surface area contributed by atoms with Crippen LogP contribution in [-0.2, 0) is 6.61 Å². The van der Waals surface area contributed by atoms with Gasteiger partial charge in [-0.05, 0) is 11.4 Å². The number of aliphatic hydroxyl groups is 1. The average Bonchev–Trinajstić information content (AvgIpc) is 2.33. The molecule has 0 saturated carbocycles. The van der Waals surface area contributed by atoms with E-state index in [4.69, 9.17) is 10.2 Å². The van der Waals surface area contributed by atoms with Crippen LogP contribution >= 0.6 is 11.3 Å². The predicted octanol–water partition coefficient (Wildman–Crippen LogP) is 0.939. The number of rotatable bonds is 2. The van der Waals surface area contributed by atoms with Crippen LogP contribution in [-0.4, -0.2) is 16.2 Å². The first kappa shape index (κ1) is 7.24. The van der Waals surface area contributed by atoms with E-state index < -0.39 is 5.97 Å². The van der Waals surface area contributed by atoms with Gasteiger partial charge in [-0.25, -0.2) is 4.79 Å². The second-order valence-electron chi connectivity index (χ2n) is 1.72. The molecule has 0 aliphatic heterocycles. The van der Waals surface area contributed by atoms with Gasteiger partial charge >= 0.3 is 5.97 Å². The molecule has 0 aliphatic carbocycles. The SMILES string of the molecule is O=C(O)c1ccsc1CO. The van der Waals surface area contributed by atoms with Gasteiger partial charge in [0.05, 0.1) is 12.2 Å². The molecule has 1 aromatic heterocycles. The molecule has 10 heavy (non-hydrogen) atoms. The topological polar surface area (TPSA) is 57.5 Å². The fourth-order valence-electron chi connectivity index (χ4n) is 0.654. The molecule has 0 bridgehead atoms. The zero-order chi connectivity index (χ0) is 7.56. The number of carbonyl (C=O) groups is 1. The molecule has 0 radical (unpaired) electrons. The molecule has 1 rings (SSSR count). The summed E-state index contributed by atoms with van der Waals surface area (Å²) < 4.78 is 0. The minimum Gasteiger partial charge on any atom is -0.478 e. The highest BCUT2D eigenvalue weighted by molar-refractivity contribution is 7.10. The minimum atomic E-state index is -0.981. The molecule has 54 valence electrons. The Labute approximate surface area is 61.6 Å². The summed E-state index contributed by atoms with van der Waals surface area (Å²) in [7, 11) is 0. The summed E-state index contributed by atoms with van der Waals surface area (Å²) in [6, 6.07) is 1.48. The van der Waals surface area contributed by atoms with Gasteiger partial charge in [-0.1, -0.05) is 0 Å². The van der Waals surface area contributed by atoms with Crippen LogP contribution in [0.25, 0.3) is 0 Å². The lowest BCUT2D eigenvalue weighted by molar-refractivity contribution is 0.0694. The molecule has 3 nitrogen and oxygen atoms in total. The molecule has 0 aliphatic rings. The van der Waals surface area contributed by atoms with Crippen molar-refractivity contribution < 1.29 is 15.0 Å². The lowest BCUT2D eigenvalue weighted by Gasteiger charge is -1.90. The molecular weight excluding hydrogens is 152 g/mol. The van der Waals surface area contributed by atoms with Gasteiger partial charge in [-0.2, -0.15) is 0 Å². The zero-order valence-electron chi connectivity index (χ0n) is 5.07. The molecule has 0 spiro atoms. The highest BCUT2D eigenvalue weighted by Gasteiger charge is 2.08. The van der Waals surface area contributed by atoms with Crippen molar-refractivity contribution in [2.24, 2.45) is 0 Å². The van der Waals surface area contributed by atoms with Gasteiger partial charge in [-0.3, -0.25) is 0 Å². The summed E-state index contributed by atoms with van der Waals surface area (Å²) in [5.41, 5.74) is 0.201. The van der Waals surface area contributed by atoms with E-state index in [2.05, 4.69) is 0 Å². The summed E-state index contributed by atoms with van der Waals surface area (Å²) in [6.45, 7) is -0.195. The van der Waals surface area contributed by atoms with Crippen molar-refractivity contribution in [1.82, 2.24) is 0 Å². The molecule has 0 unspecified atom stereocenters. The minimum absolute atomic E-state index is 0.195. The maximum Gasteiger partial charge on any atom is 0.336 e. The monoisotopic (exact) mass is 158 g/mol. The van der Waals surface area contributed by atoms with Crippen LogP contribution < -0.4 is 0 Å². The van der Waals surface area contributed by atoms with Crippen molar-refractivity contribution in [3.63, 3.8) is 0 Å². The van der Waals surface area contributed by atoms with E-state index in [0.29, 0.717) is 4.88 Å². The van der Waals surface area contributed by atoms with Crippen LogP contribution in [0, 0.1) is 0 Å². The molecule has 1 aromatic rings. The van der Waals surface area contributed by atoms with Crippen molar-refractivity contribution in [2.75, 3.05) is 0 Å². The normalized spacial score (nSPS) is 9.70. The second kappa shape index (κ2) is 2.81. The first-order valence-corrected chi connectivity index (χ1v) is 3.54. The van der Waals surface area contributed by atoms with Gasteiger partial charge in [0.25, 0.3) is 0 Å². The quantitative estimate of drug-likeness (QED) is 0.673. The highest BCUT2D eigenvalue weighted by Crippen LogP contribution is 2.15. The van der Waals surface area contributed by atoms with E-state index in [-0.39, 0.29) is 12.2 Å². The fourth-order valence-corrected chi connectivity index (χ4v) is 1.38. The lowest BCUT2D eigenvalue weighted by Crippen LogP contribution is -1.97. The number of carboxylic acids is 1. The van der Waals surface area contributed by atoms with E-state index in [1.165, 1.54) is 17.4 Å². The molecule has 0 atom stereocenters. The van der Waals surface area contributed by atoms with Crippen LogP contribution in [0.15, 0.2) is 11.4 Å². The Hall–Kier alpha value is -0.870. The Morgan fingerprint density at radius 1 is 1.70 bits per heavy atom.